The molecule has 0 radical (unpaired) electrons. The van der Waals surface area contributed by atoms with E-state index in [2.05, 4.69) is 27.3 Å². The Morgan fingerprint density at radius 1 is 1.47 bits per heavy atom. The molecule has 1 fully saturated rings. The second-order valence-electron chi connectivity index (χ2n) is 4.78. The number of esters is 1. The van der Waals surface area contributed by atoms with Crippen LogP contribution in [0, 0.1) is 5.41 Å². The van der Waals surface area contributed by atoms with Crippen molar-refractivity contribution < 1.29 is 14.3 Å². The summed E-state index contributed by atoms with van der Waals surface area (Å²) in [5, 5.41) is 3.32. The van der Waals surface area contributed by atoms with Crippen molar-refractivity contribution in [1.82, 2.24) is 5.32 Å². The first-order valence-electron chi connectivity index (χ1n) is 6.28. The van der Waals surface area contributed by atoms with Gasteiger partial charge in [0.1, 0.15) is 5.41 Å². The third kappa shape index (κ3) is 3.35. The van der Waals surface area contributed by atoms with Gasteiger partial charge in [-0.05, 0) is 24.6 Å². The lowest BCUT2D eigenvalue weighted by Crippen LogP contribution is -2.55. The van der Waals surface area contributed by atoms with E-state index in [4.69, 9.17) is 9.47 Å². The SMILES string of the molecule is COC(=O)C1(CNCCc2ccccc2Br)COC1. The van der Waals surface area contributed by atoms with Crippen molar-refractivity contribution in [3.8, 4) is 0 Å². The Kier molecular flexibility index (Phi) is 4.96. The number of carbonyl (C=O) groups is 1. The summed E-state index contributed by atoms with van der Waals surface area (Å²) in [6, 6.07) is 8.15. The van der Waals surface area contributed by atoms with Crippen LogP contribution in [-0.4, -0.2) is 39.4 Å². The topological polar surface area (TPSA) is 47.6 Å². The lowest BCUT2D eigenvalue weighted by Gasteiger charge is -2.38. The normalized spacial score (nSPS) is 16.7. The summed E-state index contributed by atoms with van der Waals surface area (Å²) < 4.78 is 11.1. The largest absolute Gasteiger partial charge is 0.468 e. The van der Waals surface area contributed by atoms with Gasteiger partial charge in [0.05, 0.1) is 20.3 Å². The lowest BCUT2D eigenvalue weighted by molar-refractivity contribution is -0.182. The minimum Gasteiger partial charge on any atom is -0.468 e. The van der Waals surface area contributed by atoms with Crippen molar-refractivity contribution in [2.45, 2.75) is 6.42 Å². The predicted molar refractivity (Wildman–Crippen MR) is 76.0 cm³/mol. The fourth-order valence-electron chi connectivity index (χ4n) is 2.11. The molecule has 1 aliphatic rings. The quantitative estimate of drug-likeness (QED) is 0.639. The molecular formula is C14H18BrNO3. The minimum absolute atomic E-state index is 0.188. The summed E-state index contributed by atoms with van der Waals surface area (Å²) in [6.45, 7) is 2.31. The average Bonchev–Trinajstić information content (AvgIpc) is 2.38. The molecule has 5 heteroatoms. The highest BCUT2D eigenvalue weighted by Crippen LogP contribution is 2.28. The first-order chi connectivity index (χ1) is 9.18. The molecule has 104 valence electrons. The van der Waals surface area contributed by atoms with Crippen LogP contribution < -0.4 is 5.32 Å². The molecule has 2 rings (SSSR count). The van der Waals surface area contributed by atoms with Gasteiger partial charge in [0, 0.05) is 11.0 Å². The number of carbonyl (C=O) groups excluding carboxylic acids is 1. The first-order valence-corrected chi connectivity index (χ1v) is 7.07. The molecule has 4 nitrogen and oxygen atoms in total. The molecule has 0 atom stereocenters. The van der Waals surface area contributed by atoms with E-state index < -0.39 is 5.41 Å². The van der Waals surface area contributed by atoms with Crippen LogP contribution in [0.5, 0.6) is 0 Å². The first kappa shape index (κ1) is 14.5. The van der Waals surface area contributed by atoms with Gasteiger partial charge in [-0.3, -0.25) is 4.79 Å². The van der Waals surface area contributed by atoms with Gasteiger partial charge in [-0.2, -0.15) is 0 Å². The highest BCUT2D eigenvalue weighted by Gasteiger charge is 2.46. The van der Waals surface area contributed by atoms with Gasteiger partial charge < -0.3 is 14.8 Å². The van der Waals surface area contributed by atoms with Gasteiger partial charge in [0.2, 0.25) is 0 Å². The molecule has 0 aliphatic carbocycles. The Bertz CT molecular complexity index is 446. The zero-order valence-corrected chi connectivity index (χ0v) is 12.5. The Morgan fingerprint density at radius 3 is 2.79 bits per heavy atom. The third-order valence-electron chi connectivity index (χ3n) is 3.37. The van der Waals surface area contributed by atoms with Gasteiger partial charge >= 0.3 is 5.97 Å². The van der Waals surface area contributed by atoms with E-state index in [-0.39, 0.29) is 5.97 Å². The van der Waals surface area contributed by atoms with Crippen LogP contribution in [0.2, 0.25) is 0 Å². The molecule has 0 unspecified atom stereocenters. The molecule has 0 bridgehead atoms. The van der Waals surface area contributed by atoms with Crippen LogP contribution in [-0.2, 0) is 20.7 Å². The maximum atomic E-state index is 11.7. The Labute approximate surface area is 121 Å². The minimum atomic E-state index is -0.483. The maximum absolute atomic E-state index is 11.7. The van der Waals surface area contributed by atoms with Crippen molar-refractivity contribution in [2.75, 3.05) is 33.4 Å². The number of hydrogen-bond donors (Lipinski definition) is 1. The summed E-state index contributed by atoms with van der Waals surface area (Å²) in [7, 11) is 1.42. The average molecular weight is 328 g/mol. The fraction of sp³-hybridized carbons (Fsp3) is 0.500. The van der Waals surface area contributed by atoms with E-state index >= 15 is 0 Å². The second-order valence-corrected chi connectivity index (χ2v) is 5.64. The molecular weight excluding hydrogens is 310 g/mol. The summed E-state index contributed by atoms with van der Waals surface area (Å²) >= 11 is 3.53. The molecule has 1 aromatic rings. The number of methoxy groups -OCH3 is 1. The van der Waals surface area contributed by atoms with Gasteiger partial charge in [-0.15, -0.1) is 0 Å². The van der Waals surface area contributed by atoms with Crippen LogP contribution in [0.1, 0.15) is 5.56 Å². The zero-order chi connectivity index (χ0) is 13.7. The molecule has 1 heterocycles. The zero-order valence-electron chi connectivity index (χ0n) is 10.9. The van der Waals surface area contributed by atoms with E-state index in [9.17, 15) is 4.79 Å². The van der Waals surface area contributed by atoms with Crippen molar-refractivity contribution in [3.05, 3.63) is 34.3 Å². The Hall–Kier alpha value is -0.910. The summed E-state index contributed by atoms with van der Waals surface area (Å²) in [4.78, 5) is 11.7. The highest BCUT2D eigenvalue weighted by molar-refractivity contribution is 9.10. The van der Waals surface area contributed by atoms with E-state index in [1.807, 2.05) is 18.2 Å². The predicted octanol–water partition coefficient (Wildman–Crippen LogP) is 1.77. The van der Waals surface area contributed by atoms with Crippen LogP contribution in [0.25, 0.3) is 0 Å². The fourth-order valence-corrected chi connectivity index (χ4v) is 2.59. The number of ether oxygens (including phenoxy) is 2. The van der Waals surface area contributed by atoms with Gasteiger partial charge in [-0.1, -0.05) is 34.1 Å². The lowest BCUT2D eigenvalue weighted by atomic mass is 9.86. The van der Waals surface area contributed by atoms with Crippen LogP contribution >= 0.6 is 15.9 Å². The number of halogens is 1. The summed E-state index contributed by atoms with van der Waals surface area (Å²) in [6.07, 6.45) is 0.916. The van der Waals surface area contributed by atoms with Gasteiger partial charge in [-0.25, -0.2) is 0 Å². The molecule has 1 aromatic carbocycles. The molecule has 1 N–H and O–H groups in total. The van der Waals surface area contributed by atoms with E-state index in [0.717, 1.165) is 17.4 Å². The molecule has 0 aromatic heterocycles. The van der Waals surface area contributed by atoms with Gasteiger partial charge in [0.25, 0.3) is 0 Å². The molecule has 0 saturated carbocycles. The van der Waals surface area contributed by atoms with Crippen molar-refractivity contribution in [1.29, 1.82) is 0 Å². The molecule has 19 heavy (non-hydrogen) atoms. The third-order valence-corrected chi connectivity index (χ3v) is 4.14. The standard InChI is InChI=1S/C14H18BrNO3/c1-18-13(17)14(9-19-10-14)8-16-7-6-11-4-2-3-5-12(11)15/h2-5,16H,6-10H2,1H3. The molecule has 0 spiro atoms. The Morgan fingerprint density at radius 2 is 2.21 bits per heavy atom. The monoisotopic (exact) mass is 327 g/mol. The number of hydrogen-bond acceptors (Lipinski definition) is 4. The smallest absolute Gasteiger partial charge is 0.317 e. The van der Waals surface area contributed by atoms with Crippen LogP contribution in [0.4, 0.5) is 0 Å². The van der Waals surface area contributed by atoms with Gasteiger partial charge in [0.15, 0.2) is 0 Å². The maximum Gasteiger partial charge on any atom is 0.317 e. The molecule has 1 aliphatic heterocycles. The van der Waals surface area contributed by atoms with E-state index in [0.29, 0.717) is 19.8 Å². The van der Waals surface area contributed by atoms with Crippen molar-refractivity contribution in [2.24, 2.45) is 5.41 Å². The number of rotatable bonds is 6. The van der Waals surface area contributed by atoms with Crippen LogP contribution in [0.3, 0.4) is 0 Å². The van der Waals surface area contributed by atoms with Crippen molar-refractivity contribution >= 4 is 21.9 Å². The number of benzene rings is 1. The Balaban J connectivity index is 1.78. The number of nitrogens with one attached hydrogen (secondary N) is 1. The summed E-state index contributed by atoms with van der Waals surface area (Å²) in [5.41, 5.74) is 0.773. The molecule has 0 amide bonds. The van der Waals surface area contributed by atoms with Crippen LogP contribution in [0.15, 0.2) is 28.7 Å². The van der Waals surface area contributed by atoms with E-state index in [1.54, 1.807) is 0 Å². The molecule has 1 saturated heterocycles. The van der Waals surface area contributed by atoms with E-state index in [1.165, 1.54) is 12.7 Å². The second kappa shape index (κ2) is 6.50. The summed E-state index contributed by atoms with van der Waals surface area (Å²) in [5.74, 6) is -0.188. The van der Waals surface area contributed by atoms with Crippen molar-refractivity contribution in [3.63, 3.8) is 0 Å². The highest BCUT2D eigenvalue weighted by atomic mass is 79.9.